The number of phenols is 5. The molecular weight excluding hydrogens is 1770 g/mol. The number of aromatic hydroxyl groups is 5. The van der Waals surface area contributed by atoms with Gasteiger partial charge in [-0.1, -0.05) is 61.5 Å². The van der Waals surface area contributed by atoms with Crippen LogP contribution in [0, 0.1) is 29.6 Å². The van der Waals surface area contributed by atoms with Crippen molar-refractivity contribution in [2.45, 2.75) is 327 Å². The molecule has 9 saturated carbocycles. The maximum absolute atomic E-state index is 12.7. The van der Waals surface area contributed by atoms with Gasteiger partial charge in [-0.2, -0.15) is 0 Å². The predicted octanol–water partition coefficient (Wildman–Crippen LogP) is 10.2. The summed E-state index contributed by atoms with van der Waals surface area (Å²) in [6, 6.07) is 27.2. The third kappa shape index (κ3) is 11.8. The Bertz CT molecular complexity index is 6400. The number of amides is 1. The number of benzene rings is 6. The van der Waals surface area contributed by atoms with E-state index >= 15 is 0 Å². The molecule has 5 unspecified atom stereocenters. The summed E-state index contributed by atoms with van der Waals surface area (Å²) in [6.07, 6.45) is 28.6. The molecule has 5 saturated heterocycles. The molecule has 15 aliphatic carbocycles. The number of nitrogens with zero attached hydrogens (tertiary/aromatic N) is 5. The fraction of sp³-hybridized carbons (Fsp3) is 0.611. The number of piperidine rings is 5. The number of aliphatic hydroxyl groups excluding tert-OH is 1. The van der Waals surface area contributed by atoms with Crippen molar-refractivity contribution in [1.29, 1.82) is 0 Å². The number of ether oxygens (including phenoxy) is 6. The van der Waals surface area contributed by atoms with Crippen LogP contribution in [0.1, 0.15) is 227 Å². The Hall–Kier alpha value is -9.20. The van der Waals surface area contributed by atoms with Gasteiger partial charge in [0.25, 0.3) is 0 Å². The van der Waals surface area contributed by atoms with Crippen LogP contribution in [0.5, 0.6) is 57.5 Å². The number of nitrogens with one attached hydrogen (secondary N) is 2. The number of nitrogens with two attached hydrogens (primary N) is 1. The van der Waals surface area contributed by atoms with Crippen LogP contribution >= 0.6 is 0 Å². The van der Waals surface area contributed by atoms with Gasteiger partial charge in [0.05, 0.1) is 80.0 Å². The van der Waals surface area contributed by atoms with E-state index in [0.717, 1.165) is 241 Å². The highest BCUT2D eigenvalue weighted by atomic mass is 16.5. The number of methoxy groups -OCH3 is 1. The summed E-state index contributed by atoms with van der Waals surface area (Å²) in [7, 11) is 1.26. The number of hydrogen-bond donors (Lipinski definition) is 14. The molecule has 10 aliphatic heterocycles. The van der Waals surface area contributed by atoms with Gasteiger partial charge in [0.15, 0.2) is 63.6 Å². The quantitative estimate of drug-likeness (QED) is 0.0290. The summed E-state index contributed by atoms with van der Waals surface area (Å²) in [5, 5.41) is 129. The van der Waals surface area contributed by atoms with Gasteiger partial charge in [-0.05, 0) is 317 Å². The number of aromatic amines is 1. The van der Waals surface area contributed by atoms with Crippen molar-refractivity contribution in [2.75, 3.05) is 72.6 Å². The maximum atomic E-state index is 12.7. The van der Waals surface area contributed by atoms with E-state index in [1.54, 1.807) is 30.3 Å². The van der Waals surface area contributed by atoms with E-state index in [-0.39, 0.29) is 89.4 Å². The molecule has 5 spiro atoms. The number of carbonyl (C=O) groups excluding carboxylic acids is 2. The number of aliphatic hydroxyl groups is 6. The van der Waals surface area contributed by atoms with E-state index in [9.17, 15) is 65.8 Å². The molecule has 0 radical (unpaired) electrons. The first-order valence-electron chi connectivity index (χ1n) is 53.3. The van der Waals surface area contributed by atoms with E-state index < -0.39 is 85.3 Å². The van der Waals surface area contributed by atoms with Crippen LogP contribution in [0.3, 0.4) is 0 Å². The molecule has 15 N–H and O–H groups in total. The molecule has 6 aromatic carbocycles. The summed E-state index contributed by atoms with van der Waals surface area (Å²) in [5.41, 5.74) is 15.1. The number of rotatable bonds is 13. The fourth-order valence-corrected chi connectivity index (χ4v) is 34.4. The minimum Gasteiger partial charge on any atom is -0.504 e. The number of para-hydroxylation sites is 1. The van der Waals surface area contributed by atoms with Gasteiger partial charge < -0.3 is 101 Å². The van der Waals surface area contributed by atoms with Crippen LogP contribution in [0.4, 0.5) is 0 Å². The van der Waals surface area contributed by atoms with Crippen LogP contribution in [0.15, 0.2) is 109 Å². The lowest BCUT2D eigenvalue weighted by Crippen LogP contribution is -2.78. The molecule has 27 nitrogen and oxygen atoms in total. The maximum Gasteiger partial charge on any atom is 0.330 e. The second-order valence-corrected chi connectivity index (χ2v) is 47.9. The average molecular weight is 1910 g/mol. The van der Waals surface area contributed by atoms with E-state index in [2.05, 4.69) is 70.4 Å². The van der Waals surface area contributed by atoms with E-state index in [4.69, 9.17) is 29.4 Å². The van der Waals surface area contributed by atoms with Crippen LogP contribution in [0.25, 0.3) is 10.9 Å². The Kier molecular flexibility index (Phi) is 19.4. The Morgan fingerprint density at radius 2 is 0.807 bits per heavy atom. The third-order valence-corrected chi connectivity index (χ3v) is 41.5. The van der Waals surface area contributed by atoms with Gasteiger partial charge in [-0.15, -0.1) is 0 Å². The summed E-state index contributed by atoms with van der Waals surface area (Å²) in [5.74, 6) is 6.49. The Morgan fingerprint density at radius 1 is 0.436 bits per heavy atom. The number of aromatic nitrogens is 1. The molecular formula is C113H134N8O19. The smallest absolute Gasteiger partial charge is 0.330 e. The standard InChI is InChI=1S/C26H26N2O3.C25H30N2O6.C21H27NO4.C21H25NO3.C20H26N2O3/c29-19-8-7-15-11-20-26(30)12-17-16-3-1-2-4-18(16)27-22(17)24-25(26,21(15)23(19)31-24)9-10-28(20)13-14-5-6-14;1-32-20(30)7-6-19(29)26-16-8-9-25(31)18-12-15-4-5-17(28)22-21(15)24(25,23(16)33-22)10-11-27(18)13-14-2-3-14;23-14-5-4-13-10-16-21(25)7-6-15(24)19-20(21,17(13)18(14)26-19)8-9-22(16)11-12-2-1-3-12;1-12-6-7-21(24)16-10-14-4-5-15(23)18-17(14)20(21,19(12)25-18)8-9-22(16)11-13-2-3-13;21-13-5-6-20(24)15-9-12-3-4-14(23)17-16(12)19(20,18(13)25-17)7-8-22(15)10-11-1-2-11/h1-4,7-8,14,20,24,27,29-30H,5-6,9-13H2;4-7,14,16,18,23,28,31H,2-3,8-13H2,1H3,(H,26,29);4-5,12,15-16,19,23-25H,1-3,6-11H2;4-5,13,16,19,23-24H,1-3,6-11H2;3-4,11,13,15,18,23-24H,1-2,5-10,21H2/b;7-6+;;;/t20-,24?,25+,26-;16-,18-,23?,24+,25-;15-,16+,19?,20-,21+;16-,19?,20+,21-;13-,15-,18?,19+,20-/m11011/s1. The molecule has 11 heterocycles. The number of carbonyl (C=O) groups is 2. The normalized spacial score (nSPS) is 39.7. The molecule has 25 aliphatic rings. The number of phenolic OH excluding ortho intramolecular Hbond substituents is 5. The monoisotopic (exact) mass is 1910 g/mol. The summed E-state index contributed by atoms with van der Waals surface area (Å²) < 4.78 is 36.3. The second-order valence-electron chi connectivity index (χ2n) is 47.9. The Balaban J connectivity index is 0.0000000862. The fourth-order valence-electron chi connectivity index (χ4n) is 34.4. The molecule has 1 amide bonds. The van der Waals surface area contributed by atoms with Gasteiger partial charge in [-0.3, -0.25) is 29.3 Å². The second kappa shape index (κ2) is 30.7. The van der Waals surface area contributed by atoms with Crippen molar-refractivity contribution < 1.29 is 94.2 Å². The minimum atomic E-state index is -0.986. The molecule has 1 aromatic heterocycles. The van der Waals surface area contributed by atoms with Crippen LogP contribution in [-0.4, -0.2) is 271 Å². The van der Waals surface area contributed by atoms with E-state index in [0.29, 0.717) is 67.3 Å². The van der Waals surface area contributed by atoms with Crippen molar-refractivity contribution in [2.24, 2.45) is 35.3 Å². The van der Waals surface area contributed by atoms with Crippen LogP contribution < -0.4 is 34.7 Å². The van der Waals surface area contributed by atoms with Gasteiger partial charge >= 0.3 is 5.97 Å². The van der Waals surface area contributed by atoms with Crippen molar-refractivity contribution in [3.8, 4) is 57.5 Å². The zero-order valence-corrected chi connectivity index (χ0v) is 80.1. The first-order valence-corrected chi connectivity index (χ1v) is 53.3. The highest BCUT2D eigenvalue weighted by Crippen LogP contribution is 2.74. The van der Waals surface area contributed by atoms with Gasteiger partial charge in [-0.25, -0.2) is 4.79 Å². The summed E-state index contributed by atoms with van der Waals surface area (Å²) in [4.78, 5) is 40.3. The van der Waals surface area contributed by atoms with Crippen molar-refractivity contribution >= 4 is 22.8 Å². The van der Waals surface area contributed by atoms with Gasteiger partial charge in [0, 0.05) is 126 Å². The summed E-state index contributed by atoms with van der Waals surface area (Å²) in [6.45, 7) is 14.5. The number of esters is 1. The van der Waals surface area contributed by atoms with E-state index in [1.807, 2.05) is 30.3 Å². The molecule has 27 heteroatoms. The van der Waals surface area contributed by atoms with Crippen LogP contribution in [-0.2, 0) is 79.9 Å². The molecule has 140 heavy (non-hydrogen) atoms. The lowest BCUT2D eigenvalue weighted by atomic mass is 9.48. The number of likely N-dealkylation sites (tertiary alicyclic amines) is 5. The van der Waals surface area contributed by atoms with Gasteiger partial charge in [0.1, 0.15) is 24.4 Å². The molecule has 14 fully saturated rings. The number of H-pyrrole nitrogens is 1. The SMILES string of the molecule is C=C1CC[C@@]2(O)[C@H]3Cc4ccc(O)c5c4[C@@]2(CCN3CC2CC2)C1O5.COC(=O)/C=C/C(=O)N[C@@H]1CC[C@@]2(O)[C@H]3Cc4ccc(O)c5c4[C@@]2(CCN3CC2CC2)C1O5.N[C@@H]1CC[C@@]2(O)[C@H]3Cc4ccc(O)c5c4[C@@]2(CCN3CC2CC2)C1O5.Oc1ccc2c3c1OC1[C@@H](O)CC[C@@]4(O)[C@@H](C2)N(CC2CCC2)CC[C@]314.Oc1ccc2c3c1OC1c4[nH]c5ccccc5c4C[C@@]4(O)[C@@H](C2)N(CC2CC2)CC[C@]314. The molecule has 32 rings (SSSR count). The Labute approximate surface area is 815 Å². The van der Waals surface area contributed by atoms with Gasteiger partial charge in [0.2, 0.25) is 5.91 Å². The first-order chi connectivity index (χ1) is 67.6. The molecule has 740 valence electrons. The van der Waals surface area contributed by atoms with Crippen LogP contribution in [0.2, 0.25) is 0 Å². The van der Waals surface area contributed by atoms with Crippen molar-refractivity contribution in [3.05, 3.63) is 176 Å². The zero-order valence-electron chi connectivity index (χ0n) is 80.1. The average Bonchev–Trinajstić information content (AvgIpc) is 1.51. The zero-order chi connectivity index (χ0) is 95.1. The summed E-state index contributed by atoms with van der Waals surface area (Å²) >= 11 is 0. The van der Waals surface area contributed by atoms with Crippen molar-refractivity contribution in [1.82, 2.24) is 34.8 Å². The topological polar surface area (TPSA) is 382 Å². The number of fused-ring (bicyclic) bond motifs is 4. The highest BCUT2D eigenvalue weighted by Gasteiger charge is 2.80. The van der Waals surface area contributed by atoms with E-state index in [1.165, 1.54) is 111 Å². The van der Waals surface area contributed by atoms with Crippen molar-refractivity contribution in [3.63, 3.8) is 0 Å². The highest BCUT2D eigenvalue weighted by molar-refractivity contribution is 5.95. The predicted molar refractivity (Wildman–Crippen MR) is 517 cm³/mol. The molecule has 7 aromatic rings. The number of hydrogen-bond acceptors (Lipinski definition) is 25. The third-order valence-electron chi connectivity index (χ3n) is 41.5. The largest absolute Gasteiger partial charge is 0.504 e. The molecule has 10 bridgehead atoms. The lowest BCUT2D eigenvalue weighted by Gasteiger charge is -2.64. The molecule has 23 atom stereocenters. The minimum absolute atomic E-state index is 0.00295. The Morgan fingerprint density at radius 3 is 1.26 bits per heavy atom. The first kappa shape index (κ1) is 88.5. The lowest BCUT2D eigenvalue weighted by molar-refractivity contribution is -0.209.